The molecule has 1 aromatic rings. The second-order valence-electron chi connectivity index (χ2n) is 2.65. The van der Waals surface area contributed by atoms with E-state index in [9.17, 15) is 0 Å². The van der Waals surface area contributed by atoms with Gasteiger partial charge in [-0.15, -0.1) is 0 Å². The first-order valence-electron chi connectivity index (χ1n) is 3.67. The Morgan fingerprint density at radius 3 is 2.69 bits per heavy atom. The SMILES string of the molecule is CC(C)=NNc1ncc(Cl)cc1Cl. The van der Waals surface area contributed by atoms with E-state index in [0.717, 1.165) is 5.71 Å². The van der Waals surface area contributed by atoms with Gasteiger partial charge in [0.2, 0.25) is 0 Å². The fourth-order valence-corrected chi connectivity index (χ4v) is 1.08. The van der Waals surface area contributed by atoms with Crippen LogP contribution in [0, 0.1) is 0 Å². The lowest BCUT2D eigenvalue weighted by molar-refractivity contribution is 1.22. The summed E-state index contributed by atoms with van der Waals surface area (Å²) in [7, 11) is 0. The summed E-state index contributed by atoms with van der Waals surface area (Å²) < 4.78 is 0. The van der Waals surface area contributed by atoms with Gasteiger partial charge in [-0.05, 0) is 19.9 Å². The fourth-order valence-electron chi connectivity index (χ4n) is 0.662. The van der Waals surface area contributed by atoms with E-state index in [4.69, 9.17) is 23.2 Å². The molecular weight excluding hydrogens is 209 g/mol. The van der Waals surface area contributed by atoms with Crippen LogP contribution in [0.25, 0.3) is 0 Å². The number of anilines is 1. The van der Waals surface area contributed by atoms with Crippen LogP contribution >= 0.6 is 23.2 Å². The maximum absolute atomic E-state index is 5.83. The highest BCUT2D eigenvalue weighted by molar-refractivity contribution is 6.35. The van der Waals surface area contributed by atoms with Crippen LogP contribution in [-0.2, 0) is 0 Å². The first-order valence-corrected chi connectivity index (χ1v) is 4.43. The molecule has 0 radical (unpaired) electrons. The van der Waals surface area contributed by atoms with Gasteiger partial charge in [0.05, 0.1) is 10.0 Å². The van der Waals surface area contributed by atoms with Gasteiger partial charge < -0.3 is 0 Å². The standard InChI is InChI=1S/C8H9Cl2N3/c1-5(2)12-13-8-7(10)3-6(9)4-11-8/h3-4H,1-2H3,(H,11,13). The molecule has 0 unspecified atom stereocenters. The molecular formula is C8H9Cl2N3. The number of hydrogen-bond acceptors (Lipinski definition) is 3. The summed E-state index contributed by atoms with van der Waals surface area (Å²) in [5.41, 5.74) is 3.62. The summed E-state index contributed by atoms with van der Waals surface area (Å²) in [6, 6.07) is 1.61. The quantitative estimate of drug-likeness (QED) is 0.611. The number of rotatable bonds is 2. The van der Waals surface area contributed by atoms with Crippen molar-refractivity contribution in [3.63, 3.8) is 0 Å². The highest BCUT2D eigenvalue weighted by atomic mass is 35.5. The summed E-state index contributed by atoms with van der Waals surface area (Å²) >= 11 is 11.5. The molecule has 0 bridgehead atoms. The highest BCUT2D eigenvalue weighted by Gasteiger charge is 2.00. The summed E-state index contributed by atoms with van der Waals surface area (Å²) in [5.74, 6) is 0.507. The molecule has 1 heterocycles. The molecule has 70 valence electrons. The number of nitrogens with zero attached hydrogens (tertiary/aromatic N) is 2. The fraction of sp³-hybridized carbons (Fsp3) is 0.250. The Morgan fingerprint density at radius 2 is 2.15 bits per heavy atom. The van der Waals surface area contributed by atoms with Gasteiger partial charge in [-0.2, -0.15) is 5.10 Å². The van der Waals surface area contributed by atoms with E-state index in [1.165, 1.54) is 6.20 Å². The Morgan fingerprint density at radius 1 is 1.46 bits per heavy atom. The Bertz CT molecular complexity index is 332. The maximum atomic E-state index is 5.83. The monoisotopic (exact) mass is 217 g/mol. The molecule has 0 aromatic carbocycles. The van der Waals surface area contributed by atoms with Gasteiger partial charge in [-0.1, -0.05) is 23.2 Å². The molecule has 0 saturated heterocycles. The van der Waals surface area contributed by atoms with E-state index >= 15 is 0 Å². The minimum atomic E-state index is 0.456. The third-order valence-corrected chi connectivity index (χ3v) is 1.69. The van der Waals surface area contributed by atoms with E-state index in [-0.39, 0.29) is 0 Å². The Balaban J connectivity index is 2.84. The summed E-state index contributed by atoms with van der Waals surface area (Å²) in [6.45, 7) is 3.74. The van der Waals surface area contributed by atoms with Crippen molar-refractivity contribution in [3.8, 4) is 0 Å². The van der Waals surface area contributed by atoms with Crippen molar-refractivity contribution in [2.24, 2.45) is 5.10 Å². The third-order valence-electron chi connectivity index (χ3n) is 1.19. The molecule has 0 amide bonds. The van der Waals surface area contributed by atoms with E-state index in [1.54, 1.807) is 6.07 Å². The van der Waals surface area contributed by atoms with Crippen molar-refractivity contribution >= 4 is 34.7 Å². The van der Waals surface area contributed by atoms with Crippen LogP contribution in [0.1, 0.15) is 13.8 Å². The Hall–Kier alpha value is -0.800. The predicted octanol–water partition coefficient (Wildman–Crippen LogP) is 3.20. The first-order chi connectivity index (χ1) is 6.09. The number of pyridine rings is 1. The van der Waals surface area contributed by atoms with Gasteiger partial charge in [0.25, 0.3) is 0 Å². The van der Waals surface area contributed by atoms with Crippen molar-refractivity contribution in [2.75, 3.05) is 5.43 Å². The van der Waals surface area contributed by atoms with Crippen LogP contribution in [0.3, 0.4) is 0 Å². The van der Waals surface area contributed by atoms with E-state index < -0.39 is 0 Å². The molecule has 13 heavy (non-hydrogen) atoms. The second kappa shape index (κ2) is 4.44. The lowest BCUT2D eigenvalue weighted by Gasteiger charge is -2.02. The molecule has 1 N–H and O–H groups in total. The molecule has 0 atom stereocenters. The average molecular weight is 218 g/mol. The average Bonchev–Trinajstić information content (AvgIpc) is 2.02. The number of hydrogen-bond donors (Lipinski definition) is 1. The lowest BCUT2D eigenvalue weighted by atomic mass is 10.4. The number of nitrogens with one attached hydrogen (secondary N) is 1. The molecule has 0 fully saturated rings. The van der Waals surface area contributed by atoms with Gasteiger partial charge in [0, 0.05) is 11.9 Å². The van der Waals surface area contributed by atoms with Gasteiger partial charge >= 0.3 is 0 Å². The first kappa shape index (κ1) is 10.3. The number of halogens is 2. The zero-order valence-electron chi connectivity index (χ0n) is 7.31. The lowest BCUT2D eigenvalue weighted by Crippen LogP contribution is -1.95. The van der Waals surface area contributed by atoms with Crippen molar-refractivity contribution in [2.45, 2.75) is 13.8 Å². The molecule has 3 nitrogen and oxygen atoms in total. The third kappa shape index (κ3) is 3.20. The van der Waals surface area contributed by atoms with Crippen LogP contribution < -0.4 is 5.43 Å². The molecule has 1 rings (SSSR count). The molecule has 0 aliphatic carbocycles. The smallest absolute Gasteiger partial charge is 0.165 e. The minimum absolute atomic E-state index is 0.456. The topological polar surface area (TPSA) is 37.3 Å². The normalized spacial score (nSPS) is 9.54. The van der Waals surface area contributed by atoms with Gasteiger partial charge in [0.15, 0.2) is 5.82 Å². The van der Waals surface area contributed by atoms with Crippen LogP contribution in [0.15, 0.2) is 17.4 Å². The van der Waals surface area contributed by atoms with E-state index in [2.05, 4.69) is 15.5 Å². The maximum Gasteiger partial charge on any atom is 0.165 e. The minimum Gasteiger partial charge on any atom is -0.260 e. The Labute approximate surface area is 86.8 Å². The van der Waals surface area contributed by atoms with Crippen molar-refractivity contribution in [1.29, 1.82) is 0 Å². The van der Waals surface area contributed by atoms with Gasteiger partial charge in [-0.25, -0.2) is 4.98 Å². The molecule has 1 aromatic heterocycles. The van der Waals surface area contributed by atoms with Gasteiger partial charge in [-0.3, -0.25) is 5.43 Å². The molecule has 0 saturated carbocycles. The molecule has 0 aliphatic rings. The van der Waals surface area contributed by atoms with Crippen molar-refractivity contribution < 1.29 is 0 Å². The summed E-state index contributed by atoms with van der Waals surface area (Å²) in [5, 5.41) is 4.93. The second-order valence-corrected chi connectivity index (χ2v) is 3.50. The molecule has 5 heteroatoms. The number of aromatic nitrogens is 1. The zero-order chi connectivity index (χ0) is 9.84. The van der Waals surface area contributed by atoms with Crippen molar-refractivity contribution in [3.05, 3.63) is 22.3 Å². The van der Waals surface area contributed by atoms with Gasteiger partial charge in [0.1, 0.15) is 0 Å². The predicted molar refractivity (Wildman–Crippen MR) is 56.7 cm³/mol. The molecule has 0 spiro atoms. The van der Waals surface area contributed by atoms with Crippen LogP contribution in [0.5, 0.6) is 0 Å². The summed E-state index contributed by atoms with van der Waals surface area (Å²) in [4.78, 5) is 3.97. The van der Waals surface area contributed by atoms with Crippen LogP contribution in [-0.4, -0.2) is 10.7 Å². The van der Waals surface area contributed by atoms with Crippen LogP contribution in [0.2, 0.25) is 10.0 Å². The van der Waals surface area contributed by atoms with Crippen LogP contribution in [0.4, 0.5) is 5.82 Å². The zero-order valence-corrected chi connectivity index (χ0v) is 8.82. The van der Waals surface area contributed by atoms with Crippen molar-refractivity contribution in [1.82, 2.24) is 4.98 Å². The summed E-state index contributed by atoms with van der Waals surface area (Å²) in [6.07, 6.45) is 1.51. The largest absolute Gasteiger partial charge is 0.260 e. The highest BCUT2D eigenvalue weighted by Crippen LogP contribution is 2.22. The van der Waals surface area contributed by atoms with E-state index in [1.807, 2.05) is 13.8 Å². The Kier molecular flexibility index (Phi) is 3.51. The van der Waals surface area contributed by atoms with E-state index in [0.29, 0.717) is 15.9 Å². The molecule has 0 aliphatic heterocycles. The number of hydrazone groups is 1.